The average molecular weight is 250 g/mol. The minimum absolute atomic E-state index is 0.572. The summed E-state index contributed by atoms with van der Waals surface area (Å²) < 4.78 is 0. The molecule has 17 heavy (non-hydrogen) atoms. The number of thioether (sulfide) groups is 1. The maximum absolute atomic E-state index is 6.02. The number of nitrogens with two attached hydrogens (primary N) is 1. The first-order chi connectivity index (χ1) is 8.20. The van der Waals surface area contributed by atoms with E-state index < -0.39 is 0 Å². The lowest BCUT2D eigenvalue weighted by Crippen LogP contribution is -2.34. The van der Waals surface area contributed by atoms with Crippen LogP contribution in [0.3, 0.4) is 0 Å². The van der Waals surface area contributed by atoms with E-state index in [1.807, 2.05) is 17.8 Å². The van der Waals surface area contributed by atoms with E-state index in [9.17, 15) is 0 Å². The van der Waals surface area contributed by atoms with Gasteiger partial charge in [0.2, 0.25) is 0 Å². The summed E-state index contributed by atoms with van der Waals surface area (Å²) in [7, 11) is 0. The maximum Gasteiger partial charge on any atom is 0.0579 e. The number of benzene rings is 1. The van der Waals surface area contributed by atoms with E-state index in [0.29, 0.717) is 6.04 Å². The van der Waals surface area contributed by atoms with Crippen LogP contribution in [0.4, 0.5) is 11.4 Å². The highest BCUT2D eigenvalue weighted by Crippen LogP contribution is 2.31. The fourth-order valence-electron chi connectivity index (χ4n) is 2.54. The maximum atomic E-state index is 6.02. The van der Waals surface area contributed by atoms with Crippen LogP contribution in [0.1, 0.15) is 31.2 Å². The van der Waals surface area contributed by atoms with E-state index in [2.05, 4.69) is 30.6 Å². The third-order valence-electron chi connectivity index (χ3n) is 3.55. The molecule has 1 aliphatic carbocycles. The molecule has 1 aliphatic rings. The molecule has 0 spiro atoms. The highest BCUT2D eigenvalue weighted by Gasteiger charge is 2.24. The van der Waals surface area contributed by atoms with E-state index in [0.717, 1.165) is 16.6 Å². The summed E-state index contributed by atoms with van der Waals surface area (Å²) in [4.78, 5) is 0. The van der Waals surface area contributed by atoms with Crippen molar-refractivity contribution in [3.63, 3.8) is 0 Å². The number of rotatable bonds is 3. The summed E-state index contributed by atoms with van der Waals surface area (Å²) in [6, 6.07) is 6.78. The van der Waals surface area contributed by atoms with Crippen LogP contribution in [0.5, 0.6) is 0 Å². The second-order valence-electron chi connectivity index (χ2n) is 4.90. The van der Waals surface area contributed by atoms with Crippen molar-refractivity contribution in [1.29, 1.82) is 0 Å². The Morgan fingerprint density at radius 2 is 2.06 bits per heavy atom. The second kappa shape index (κ2) is 5.67. The van der Waals surface area contributed by atoms with Crippen molar-refractivity contribution in [3.8, 4) is 0 Å². The molecule has 3 heteroatoms. The third kappa shape index (κ3) is 3.09. The number of hydrogen-bond acceptors (Lipinski definition) is 3. The molecule has 1 fully saturated rings. The lowest BCUT2D eigenvalue weighted by Gasteiger charge is -2.32. The van der Waals surface area contributed by atoms with Gasteiger partial charge in [-0.3, -0.25) is 0 Å². The number of anilines is 2. The zero-order valence-corrected chi connectivity index (χ0v) is 11.5. The van der Waals surface area contributed by atoms with Gasteiger partial charge >= 0.3 is 0 Å². The number of nitrogen functional groups attached to an aromatic ring is 1. The molecule has 1 aromatic rings. The lowest BCUT2D eigenvalue weighted by molar-refractivity contribution is 0.475. The zero-order chi connectivity index (χ0) is 12.3. The second-order valence-corrected chi connectivity index (χ2v) is 5.98. The first-order valence-electron chi connectivity index (χ1n) is 6.36. The molecule has 0 heterocycles. The summed E-state index contributed by atoms with van der Waals surface area (Å²) in [6.07, 6.45) is 7.50. The topological polar surface area (TPSA) is 38.0 Å². The van der Waals surface area contributed by atoms with Crippen molar-refractivity contribution in [2.45, 2.75) is 43.9 Å². The SMILES string of the molecule is CSC1CCCCC1Nc1cc(C)ccc1N. The Morgan fingerprint density at radius 3 is 2.82 bits per heavy atom. The van der Waals surface area contributed by atoms with Crippen LogP contribution < -0.4 is 11.1 Å². The molecule has 2 rings (SSSR count). The van der Waals surface area contributed by atoms with Crippen molar-refractivity contribution >= 4 is 23.1 Å². The van der Waals surface area contributed by atoms with Crippen LogP contribution in [-0.2, 0) is 0 Å². The van der Waals surface area contributed by atoms with Gasteiger partial charge in [0.05, 0.1) is 11.4 Å². The van der Waals surface area contributed by atoms with E-state index in [1.165, 1.54) is 31.2 Å². The Bertz CT molecular complexity index is 378. The highest BCUT2D eigenvalue weighted by atomic mass is 32.2. The molecule has 0 amide bonds. The highest BCUT2D eigenvalue weighted by molar-refractivity contribution is 7.99. The summed E-state index contributed by atoms with van der Waals surface area (Å²) in [5.41, 5.74) is 9.26. The molecule has 1 saturated carbocycles. The predicted molar refractivity (Wildman–Crippen MR) is 78.8 cm³/mol. The van der Waals surface area contributed by atoms with Gasteiger partial charge in [0.1, 0.15) is 0 Å². The van der Waals surface area contributed by atoms with Crippen molar-refractivity contribution in [2.75, 3.05) is 17.3 Å². The van der Waals surface area contributed by atoms with Gasteiger partial charge in [-0.1, -0.05) is 18.9 Å². The Balaban J connectivity index is 2.10. The number of nitrogens with one attached hydrogen (secondary N) is 1. The molecule has 0 aromatic heterocycles. The van der Waals surface area contributed by atoms with Crippen molar-refractivity contribution in [2.24, 2.45) is 0 Å². The van der Waals surface area contributed by atoms with Crippen LogP contribution in [0.2, 0.25) is 0 Å². The average Bonchev–Trinajstić information content (AvgIpc) is 2.34. The third-order valence-corrected chi connectivity index (χ3v) is 4.72. The van der Waals surface area contributed by atoms with Crippen molar-refractivity contribution in [3.05, 3.63) is 23.8 Å². The van der Waals surface area contributed by atoms with Crippen LogP contribution in [0.15, 0.2) is 18.2 Å². The molecule has 3 N–H and O–H groups in total. The molecular weight excluding hydrogens is 228 g/mol. The smallest absolute Gasteiger partial charge is 0.0579 e. The quantitative estimate of drug-likeness (QED) is 0.804. The van der Waals surface area contributed by atoms with E-state index in [1.54, 1.807) is 0 Å². The molecular formula is C14H22N2S. The molecule has 0 aliphatic heterocycles. The Labute approximate surface area is 108 Å². The fraction of sp³-hybridized carbons (Fsp3) is 0.571. The molecule has 2 atom stereocenters. The van der Waals surface area contributed by atoms with Crippen molar-refractivity contribution < 1.29 is 0 Å². The summed E-state index contributed by atoms with van der Waals surface area (Å²) >= 11 is 1.98. The monoisotopic (exact) mass is 250 g/mol. The van der Waals surface area contributed by atoms with Crippen LogP contribution in [-0.4, -0.2) is 17.5 Å². The van der Waals surface area contributed by atoms with Crippen LogP contribution >= 0.6 is 11.8 Å². The van der Waals surface area contributed by atoms with Gasteiger partial charge in [-0.25, -0.2) is 0 Å². The van der Waals surface area contributed by atoms with E-state index in [-0.39, 0.29) is 0 Å². The Hall–Kier alpha value is -0.830. The van der Waals surface area contributed by atoms with Gasteiger partial charge in [0, 0.05) is 11.3 Å². The van der Waals surface area contributed by atoms with E-state index in [4.69, 9.17) is 5.73 Å². The van der Waals surface area contributed by atoms with Crippen molar-refractivity contribution in [1.82, 2.24) is 0 Å². The molecule has 0 radical (unpaired) electrons. The van der Waals surface area contributed by atoms with E-state index >= 15 is 0 Å². The molecule has 2 unspecified atom stereocenters. The Morgan fingerprint density at radius 1 is 1.29 bits per heavy atom. The minimum Gasteiger partial charge on any atom is -0.397 e. The largest absolute Gasteiger partial charge is 0.397 e. The predicted octanol–water partition coefficient (Wildman–Crippen LogP) is 3.66. The minimum atomic E-state index is 0.572. The summed E-state index contributed by atoms with van der Waals surface area (Å²) in [6.45, 7) is 2.11. The zero-order valence-electron chi connectivity index (χ0n) is 10.7. The van der Waals surface area contributed by atoms with Gasteiger partial charge in [0.25, 0.3) is 0 Å². The molecule has 0 saturated heterocycles. The standard InChI is InChI=1S/C14H22N2S/c1-10-7-8-11(15)13(9-10)16-12-5-3-4-6-14(12)17-2/h7-9,12,14,16H,3-6,15H2,1-2H3. The van der Waals surface area contributed by atoms with Gasteiger partial charge in [-0.15, -0.1) is 0 Å². The fourth-order valence-corrected chi connectivity index (χ4v) is 3.47. The van der Waals surface area contributed by atoms with Gasteiger partial charge in [-0.2, -0.15) is 11.8 Å². The molecule has 2 nitrogen and oxygen atoms in total. The summed E-state index contributed by atoms with van der Waals surface area (Å²) in [5, 5.41) is 4.37. The Kier molecular flexibility index (Phi) is 4.21. The van der Waals surface area contributed by atoms with Gasteiger partial charge in [0.15, 0.2) is 0 Å². The number of hydrogen-bond donors (Lipinski definition) is 2. The van der Waals surface area contributed by atoms with Crippen LogP contribution in [0.25, 0.3) is 0 Å². The first-order valence-corrected chi connectivity index (χ1v) is 7.65. The summed E-state index contributed by atoms with van der Waals surface area (Å²) in [5.74, 6) is 0. The molecule has 94 valence electrons. The molecule has 0 bridgehead atoms. The molecule has 1 aromatic carbocycles. The van der Waals surface area contributed by atoms with Gasteiger partial charge in [-0.05, 0) is 43.7 Å². The lowest BCUT2D eigenvalue weighted by atomic mass is 9.94. The first kappa shape index (κ1) is 12.6. The van der Waals surface area contributed by atoms with Gasteiger partial charge < -0.3 is 11.1 Å². The van der Waals surface area contributed by atoms with Crippen LogP contribution in [0, 0.1) is 6.92 Å². The number of aryl methyl sites for hydroxylation is 1. The normalized spacial score (nSPS) is 24.6.